The van der Waals surface area contributed by atoms with E-state index >= 15 is 0 Å². The molecule has 98 valence electrons. The minimum Gasteiger partial charge on any atom is -0.450 e. The van der Waals surface area contributed by atoms with Crippen LogP contribution in [-0.4, -0.2) is 37.1 Å². The largest absolute Gasteiger partial charge is 0.450 e. The zero-order valence-electron chi connectivity index (χ0n) is 10.3. The fourth-order valence-corrected chi connectivity index (χ4v) is 1.27. The van der Waals surface area contributed by atoms with Crippen molar-refractivity contribution >= 4 is 17.7 Å². The number of halogens is 1. The number of nitrogens with zero attached hydrogens (tertiary/aromatic N) is 1. The van der Waals surface area contributed by atoms with E-state index < -0.39 is 17.8 Å². The molecule has 0 heterocycles. The van der Waals surface area contributed by atoms with Crippen LogP contribution < -0.4 is 5.32 Å². The fourth-order valence-electron chi connectivity index (χ4n) is 1.27. The van der Waals surface area contributed by atoms with Crippen molar-refractivity contribution in [2.75, 3.05) is 25.5 Å². The van der Waals surface area contributed by atoms with E-state index in [4.69, 9.17) is 4.74 Å². The first-order chi connectivity index (χ1) is 8.54. The monoisotopic (exact) mass is 254 g/mol. The predicted molar refractivity (Wildman–Crippen MR) is 64.7 cm³/mol. The Balaban J connectivity index is 2.52. The van der Waals surface area contributed by atoms with Crippen molar-refractivity contribution in [3.05, 3.63) is 30.1 Å². The van der Waals surface area contributed by atoms with Gasteiger partial charge in [0.15, 0.2) is 0 Å². The number of carbonyl (C=O) groups is 2. The summed E-state index contributed by atoms with van der Waals surface area (Å²) in [5.74, 6) is -1.01. The zero-order chi connectivity index (χ0) is 13.5. The number of ether oxygens (including phenoxy) is 1. The Labute approximate surface area is 105 Å². The molecule has 0 aliphatic carbocycles. The van der Waals surface area contributed by atoms with E-state index in [1.165, 1.54) is 25.2 Å². The fraction of sp³-hybridized carbons (Fsp3) is 0.333. The van der Waals surface area contributed by atoms with Crippen LogP contribution in [0.25, 0.3) is 0 Å². The van der Waals surface area contributed by atoms with Gasteiger partial charge in [0.2, 0.25) is 5.91 Å². The normalized spacial score (nSPS) is 9.72. The molecule has 0 atom stereocenters. The molecule has 18 heavy (non-hydrogen) atoms. The van der Waals surface area contributed by atoms with Crippen molar-refractivity contribution in [2.24, 2.45) is 0 Å². The van der Waals surface area contributed by atoms with Gasteiger partial charge in [-0.25, -0.2) is 9.18 Å². The molecule has 1 aromatic carbocycles. The molecule has 1 N–H and O–H groups in total. The van der Waals surface area contributed by atoms with E-state index in [9.17, 15) is 14.0 Å². The van der Waals surface area contributed by atoms with Gasteiger partial charge in [-0.1, -0.05) is 12.1 Å². The number of likely N-dealkylation sites (N-methyl/N-ethyl adjacent to an activating group) is 1. The Morgan fingerprint density at radius 2 is 2.06 bits per heavy atom. The SMILES string of the molecule is CCOC(=O)N(C)CC(=O)Nc1ccccc1F. The minimum absolute atomic E-state index is 0.0831. The Kier molecular flexibility index (Phi) is 5.10. The Morgan fingerprint density at radius 3 is 2.67 bits per heavy atom. The van der Waals surface area contributed by atoms with Gasteiger partial charge in [0.25, 0.3) is 0 Å². The predicted octanol–water partition coefficient (Wildman–Crippen LogP) is 1.85. The van der Waals surface area contributed by atoms with Crippen LogP contribution >= 0.6 is 0 Å². The van der Waals surface area contributed by atoms with E-state index in [0.717, 1.165) is 4.90 Å². The van der Waals surface area contributed by atoms with Gasteiger partial charge < -0.3 is 15.0 Å². The van der Waals surface area contributed by atoms with Gasteiger partial charge in [-0.05, 0) is 19.1 Å². The number of carbonyl (C=O) groups excluding carboxylic acids is 2. The molecule has 0 saturated heterocycles. The molecule has 0 fully saturated rings. The molecule has 5 nitrogen and oxygen atoms in total. The molecule has 0 bridgehead atoms. The lowest BCUT2D eigenvalue weighted by molar-refractivity contribution is -0.116. The van der Waals surface area contributed by atoms with Crippen molar-refractivity contribution < 1.29 is 18.7 Å². The maximum absolute atomic E-state index is 13.2. The smallest absolute Gasteiger partial charge is 0.409 e. The Bertz CT molecular complexity index is 437. The van der Waals surface area contributed by atoms with Crippen LogP contribution in [0.5, 0.6) is 0 Å². The number of benzene rings is 1. The molecule has 0 unspecified atom stereocenters. The van der Waals surface area contributed by atoms with E-state index in [2.05, 4.69) is 5.32 Å². The van der Waals surface area contributed by atoms with Crippen molar-refractivity contribution in [3.8, 4) is 0 Å². The molecule has 0 aliphatic rings. The molecule has 1 rings (SSSR count). The zero-order valence-corrected chi connectivity index (χ0v) is 10.3. The molecular weight excluding hydrogens is 239 g/mol. The van der Waals surface area contributed by atoms with Crippen molar-refractivity contribution in [3.63, 3.8) is 0 Å². The number of hydrogen-bond acceptors (Lipinski definition) is 3. The van der Waals surface area contributed by atoms with E-state index in [1.54, 1.807) is 13.0 Å². The highest BCUT2D eigenvalue weighted by atomic mass is 19.1. The van der Waals surface area contributed by atoms with Crippen LogP contribution in [0, 0.1) is 5.82 Å². The summed E-state index contributed by atoms with van der Waals surface area (Å²) in [7, 11) is 1.43. The number of para-hydroxylation sites is 1. The van der Waals surface area contributed by atoms with Crippen LogP contribution in [0.2, 0.25) is 0 Å². The standard InChI is InChI=1S/C12H15FN2O3/c1-3-18-12(17)15(2)8-11(16)14-10-7-5-4-6-9(10)13/h4-7H,3,8H2,1-2H3,(H,14,16). The second-order valence-electron chi connectivity index (χ2n) is 3.58. The van der Waals surface area contributed by atoms with Crippen LogP contribution in [0.3, 0.4) is 0 Å². The van der Waals surface area contributed by atoms with Gasteiger partial charge in [0.05, 0.1) is 12.3 Å². The third-order valence-electron chi connectivity index (χ3n) is 2.11. The molecule has 0 saturated carbocycles. The summed E-state index contributed by atoms with van der Waals surface area (Å²) < 4.78 is 18.0. The average molecular weight is 254 g/mol. The van der Waals surface area contributed by atoms with Gasteiger partial charge in [-0.3, -0.25) is 4.79 Å². The summed E-state index contributed by atoms with van der Waals surface area (Å²) in [6.45, 7) is 1.70. The van der Waals surface area contributed by atoms with Gasteiger partial charge in [0.1, 0.15) is 12.4 Å². The molecule has 1 aromatic rings. The molecule has 2 amide bonds. The van der Waals surface area contributed by atoms with E-state index in [1.807, 2.05) is 0 Å². The lowest BCUT2D eigenvalue weighted by atomic mass is 10.3. The first-order valence-electron chi connectivity index (χ1n) is 5.47. The maximum Gasteiger partial charge on any atom is 0.409 e. The lowest BCUT2D eigenvalue weighted by Gasteiger charge is -2.16. The summed E-state index contributed by atoms with van der Waals surface area (Å²) in [4.78, 5) is 23.9. The van der Waals surface area contributed by atoms with E-state index in [-0.39, 0.29) is 18.8 Å². The maximum atomic E-state index is 13.2. The average Bonchev–Trinajstić information content (AvgIpc) is 2.32. The topological polar surface area (TPSA) is 58.6 Å². The summed E-state index contributed by atoms with van der Waals surface area (Å²) in [5.41, 5.74) is 0.0831. The molecule has 0 aliphatic heterocycles. The number of rotatable bonds is 4. The van der Waals surface area contributed by atoms with Crippen LogP contribution in [0.15, 0.2) is 24.3 Å². The second kappa shape index (κ2) is 6.58. The highest BCUT2D eigenvalue weighted by molar-refractivity contribution is 5.93. The molecular formula is C12H15FN2O3. The number of amides is 2. The van der Waals surface area contributed by atoms with Gasteiger partial charge in [-0.15, -0.1) is 0 Å². The van der Waals surface area contributed by atoms with Crippen molar-refractivity contribution in [1.29, 1.82) is 0 Å². The summed E-state index contributed by atoms with van der Waals surface area (Å²) in [6.07, 6.45) is -0.596. The molecule has 0 aromatic heterocycles. The molecule has 0 radical (unpaired) electrons. The Hall–Kier alpha value is -2.11. The van der Waals surface area contributed by atoms with Crippen LogP contribution in [0.1, 0.15) is 6.92 Å². The quantitative estimate of drug-likeness (QED) is 0.892. The molecule has 6 heteroatoms. The summed E-state index contributed by atoms with van der Waals surface area (Å²) in [6, 6.07) is 5.81. The first-order valence-corrected chi connectivity index (χ1v) is 5.47. The van der Waals surface area contributed by atoms with Crippen LogP contribution in [0.4, 0.5) is 14.9 Å². The second-order valence-corrected chi connectivity index (χ2v) is 3.58. The number of hydrogen-bond donors (Lipinski definition) is 1. The van der Waals surface area contributed by atoms with Gasteiger partial charge in [0, 0.05) is 7.05 Å². The number of anilines is 1. The highest BCUT2D eigenvalue weighted by Gasteiger charge is 2.14. The van der Waals surface area contributed by atoms with Crippen LogP contribution in [-0.2, 0) is 9.53 Å². The number of nitrogens with one attached hydrogen (secondary N) is 1. The van der Waals surface area contributed by atoms with Gasteiger partial charge in [-0.2, -0.15) is 0 Å². The lowest BCUT2D eigenvalue weighted by Crippen LogP contribution is -2.35. The Morgan fingerprint density at radius 1 is 1.39 bits per heavy atom. The van der Waals surface area contributed by atoms with Crippen molar-refractivity contribution in [2.45, 2.75) is 6.92 Å². The minimum atomic E-state index is -0.596. The third-order valence-corrected chi connectivity index (χ3v) is 2.11. The molecule has 0 spiro atoms. The summed E-state index contributed by atoms with van der Waals surface area (Å²) in [5, 5.41) is 2.37. The van der Waals surface area contributed by atoms with Gasteiger partial charge >= 0.3 is 6.09 Å². The highest BCUT2D eigenvalue weighted by Crippen LogP contribution is 2.12. The van der Waals surface area contributed by atoms with Crippen molar-refractivity contribution in [1.82, 2.24) is 4.90 Å². The van der Waals surface area contributed by atoms with E-state index in [0.29, 0.717) is 0 Å². The third kappa shape index (κ3) is 4.04. The summed E-state index contributed by atoms with van der Waals surface area (Å²) >= 11 is 0. The first kappa shape index (κ1) is 14.0.